The highest BCUT2D eigenvalue weighted by Gasteiger charge is 2.20. The summed E-state index contributed by atoms with van der Waals surface area (Å²) in [7, 11) is 0. The summed E-state index contributed by atoms with van der Waals surface area (Å²) in [6, 6.07) is 7.90. The van der Waals surface area contributed by atoms with E-state index < -0.39 is 6.04 Å². The van der Waals surface area contributed by atoms with Gasteiger partial charge in [-0.05, 0) is 47.9 Å². The van der Waals surface area contributed by atoms with Crippen molar-refractivity contribution >= 4 is 15.9 Å². The minimum Gasteiger partial charge on any atom is -0.486 e. The van der Waals surface area contributed by atoms with Crippen LogP contribution in [0.1, 0.15) is 22.7 Å². The van der Waals surface area contributed by atoms with Crippen molar-refractivity contribution < 1.29 is 13.9 Å². The number of fused-ring (bicyclic) bond motifs is 1. The Morgan fingerprint density at radius 2 is 1.76 bits per heavy atom. The fourth-order valence-corrected chi connectivity index (χ4v) is 3.00. The molecule has 2 aromatic rings. The zero-order valence-electron chi connectivity index (χ0n) is 11.5. The van der Waals surface area contributed by atoms with Gasteiger partial charge in [0, 0.05) is 4.47 Å². The molecule has 0 fully saturated rings. The van der Waals surface area contributed by atoms with E-state index in [1.165, 1.54) is 12.1 Å². The third kappa shape index (κ3) is 2.76. The lowest BCUT2D eigenvalue weighted by Gasteiger charge is -2.22. The smallest absolute Gasteiger partial charge is 0.162 e. The number of aryl methyl sites for hydroxylation is 1. The maximum Gasteiger partial charge on any atom is 0.162 e. The summed E-state index contributed by atoms with van der Waals surface area (Å²) in [4.78, 5) is 0. The summed E-state index contributed by atoms with van der Waals surface area (Å²) < 4.78 is 25.4. The molecule has 21 heavy (non-hydrogen) atoms. The molecule has 0 radical (unpaired) electrons. The van der Waals surface area contributed by atoms with Gasteiger partial charge >= 0.3 is 0 Å². The fraction of sp³-hybridized carbons (Fsp3) is 0.250. The second kappa shape index (κ2) is 5.66. The standard InChI is InChI=1S/C16H15BrFNO2/c1-9-2-3-10(18)6-11(9)16(19)12-7-14-15(8-13(12)17)21-5-4-20-14/h2-3,6-8,16H,4-5,19H2,1H3. The van der Waals surface area contributed by atoms with Crippen molar-refractivity contribution in [2.24, 2.45) is 5.73 Å². The Labute approximate surface area is 131 Å². The second-order valence-corrected chi connectivity index (χ2v) is 5.85. The first-order chi connectivity index (χ1) is 10.1. The van der Waals surface area contributed by atoms with Crippen LogP contribution in [0.4, 0.5) is 4.39 Å². The first-order valence-electron chi connectivity index (χ1n) is 6.67. The number of halogens is 2. The van der Waals surface area contributed by atoms with Crippen LogP contribution in [-0.4, -0.2) is 13.2 Å². The minimum absolute atomic E-state index is 0.292. The molecule has 0 amide bonds. The zero-order chi connectivity index (χ0) is 15.0. The highest BCUT2D eigenvalue weighted by Crippen LogP contribution is 2.39. The monoisotopic (exact) mass is 351 g/mol. The molecule has 2 N–H and O–H groups in total. The van der Waals surface area contributed by atoms with Gasteiger partial charge in [-0.1, -0.05) is 22.0 Å². The normalized spacial score (nSPS) is 14.9. The van der Waals surface area contributed by atoms with E-state index in [1.807, 2.05) is 19.1 Å². The van der Waals surface area contributed by atoms with Gasteiger partial charge in [0.25, 0.3) is 0 Å². The molecule has 0 bridgehead atoms. The molecule has 1 aliphatic heterocycles. The van der Waals surface area contributed by atoms with Gasteiger partial charge in [0.05, 0.1) is 6.04 Å². The van der Waals surface area contributed by atoms with Gasteiger partial charge in [0.15, 0.2) is 11.5 Å². The van der Waals surface area contributed by atoms with Crippen LogP contribution in [-0.2, 0) is 0 Å². The number of hydrogen-bond acceptors (Lipinski definition) is 3. The number of benzene rings is 2. The summed E-state index contributed by atoms with van der Waals surface area (Å²) in [5.41, 5.74) is 8.87. The van der Waals surface area contributed by atoms with E-state index in [1.54, 1.807) is 6.07 Å². The van der Waals surface area contributed by atoms with Gasteiger partial charge in [-0.2, -0.15) is 0 Å². The van der Waals surface area contributed by atoms with Gasteiger partial charge in [0.2, 0.25) is 0 Å². The Balaban J connectivity index is 2.05. The first-order valence-corrected chi connectivity index (χ1v) is 7.46. The third-order valence-electron chi connectivity index (χ3n) is 3.57. The highest BCUT2D eigenvalue weighted by atomic mass is 79.9. The second-order valence-electron chi connectivity index (χ2n) is 5.00. The Hall–Kier alpha value is -1.59. The molecule has 1 aliphatic rings. The molecule has 0 aliphatic carbocycles. The van der Waals surface area contributed by atoms with Crippen LogP contribution in [0.15, 0.2) is 34.8 Å². The molecule has 0 spiro atoms. The minimum atomic E-state index is -0.439. The van der Waals surface area contributed by atoms with Gasteiger partial charge in [-0.3, -0.25) is 0 Å². The number of nitrogens with two attached hydrogens (primary N) is 1. The van der Waals surface area contributed by atoms with E-state index >= 15 is 0 Å². The van der Waals surface area contributed by atoms with Crippen LogP contribution in [0.5, 0.6) is 11.5 Å². The number of ether oxygens (including phenoxy) is 2. The Kier molecular flexibility index (Phi) is 3.87. The van der Waals surface area contributed by atoms with Crippen molar-refractivity contribution in [1.82, 2.24) is 0 Å². The van der Waals surface area contributed by atoms with E-state index in [2.05, 4.69) is 15.9 Å². The molecule has 0 saturated heterocycles. The lowest BCUT2D eigenvalue weighted by molar-refractivity contribution is 0.171. The molecule has 110 valence electrons. The predicted octanol–water partition coefficient (Wildman–Crippen LogP) is 3.72. The molecule has 1 unspecified atom stereocenters. The topological polar surface area (TPSA) is 44.5 Å². The van der Waals surface area contributed by atoms with Crippen molar-refractivity contribution in [3.8, 4) is 11.5 Å². The highest BCUT2D eigenvalue weighted by molar-refractivity contribution is 9.10. The summed E-state index contributed by atoms with van der Waals surface area (Å²) in [5.74, 6) is 1.07. The van der Waals surface area contributed by atoms with Crippen molar-refractivity contribution in [2.45, 2.75) is 13.0 Å². The maximum atomic E-state index is 13.5. The molecule has 3 nitrogen and oxygen atoms in total. The van der Waals surface area contributed by atoms with Crippen LogP contribution >= 0.6 is 15.9 Å². The summed E-state index contributed by atoms with van der Waals surface area (Å²) in [6.45, 7) is 2.97. The predicted molar refractivity (Wildman–Crippen MR) is 82.3 cm³/mol. The summed E-state index contributed by atoms with van der Waals surface area (Å²) in [6.07, 6.45) is 0. The molecule has 5 heteroatoms. The van der Waals surface area contributed by atoms with Gasteiger partial charge < -0.3 is 15.2 Å². The van der Waals surface area contributed by atoms with Gasteiger partial charge in [-0.25, -0.2) is 4.39 Å². The lowest BCUT2D eigenvalue weighted by Crippen LogP contribution is -2.18. The van der Waals surface area contributed by atoms with E-state index in [-0.39, 0.29) is 5.82 Å². The third-order valence-corrected chi connectivity index (χ3v) is 4.26. The van der Waals surface area contributed by atoms with Crippen LogP contribution < -0.4 is 15.2 Å². The lowest BCUT2D eigenvalue weighted by atomic mass is 9.95. The zero-order valence-corrected chi connectivity index (χ0v) is 13.1. The molecule has 1 atom stereocenters. The molecule has 0 saturated carbocycles. The Morgan fingerprint density at radius 3 is 2.48 bits per heavy atom. The van der Waals surface area contributed by atoms with Crippen LogP contribution in [0.2, 0.25) is 0 Å². The number of hydrogen-bond donors (Lipinski definition) is 1. The maximum absolute atomic E-state index is 13.5. The van der Waals surface area contributed by atoms with Crippen LogP contribution in [0.25, 0.3) is 0 Å². The van der Waals surface area contributed by atoms with Gasteiger partial charge in [-0.15, -0.1) is 0 Å². The van der Waals surface area contributed by atoms with E-state index in [9.17, 15) is 4.39 Å². The van der Waals surface area contributed by atoms with Crippen LogP contribution in [0, 0.1) is 12.7 Å². The average molecular weight is 352 g/mol. The molecule has 2 aromatic carbocycles. The molecular formula is C16H15BrFNO2. The number of rotatable bonds is 2. The largest absolute Gasteiger partial charge is 0.486 e. The molecule has 0 aromatic heterocycles. The quantitative estimate of drug-likeness (QED) is 0.896. The van der Waals surface area contributed by atoms with Gasteiger partial charge in [0.1, 0.15) is 19.0 Å². The van der Waals surface area contributed by atoms with E-state index in [0.717, 1.165) is 21.2 Å². The van der Waals surface area contributed by atoms with E-state index in [4.69, 9.17) is 15.2 Å². The van der Waals surface area contributed by atoms with Crippen molar-refractivity contribution in [3.63, 3.8) is 0 Å². The average Bonchev–Trinajstić information content (AvgIpc) is 2.48. The molecular weight excluding hydrogens is 337 g/mol. The van der Waals surface area contributed by atoms with E-state index in [0.29, 0.717) is 24.7 Å². The fourth-order valence-electron chi connectivity index (χ4n) is 2.43. The van der Waals surface area contributed by atoms with Crippen LogP contribution in [0.3, 0.4) is 0 Å². The molecule has 1 heterocycles. The Bertz CT molecular complexity index is 690. The Morgan fingerprint density at radius 1 is 1.10 bits per heavy atom. The SMILES string of the molecule is Cc1ccc(F)cc1C(N)c1cc2c(cc1Br)OCCO2. The summed E-state index contributed by atoms with van der Waals surface area (Å²) in [5, 5.41) is 0. The summed E-state index contributed by atoms with van der Waals surface area (Å²) >= 11 is 3.51. The van der Waals surface area contributed by atoms with Crippen molar-refractivity contribution in [2.75, 3.05) is 13.2 Å². The molecule has 3 rings (SSSR count). The van der Waals surface area contributed by atoms with Crippen molar-refractivity contribution in [3.05, 3.63) is 57.3 Å². The van der Waals surface area contributed by atoms with Crippen molar-refractivity contribution in [1.29, 1.82) is 0 Å². The first kappa shape index (κ1) is 14.4.